The first-order valence-electron chi connectivity index (χ1n) is 8.68. The number of nitrogens with two attached hydrogens (primary N) is 1. The highest BCUT2D eigenvalue weighted by atomic mass is 16.5. The number of fused-ring (bicyclic) bond motifs is 3. The van der Waals surface area contributed by atoms with Gasteiger partial charge in [0.1, 0.15) is 12.4 Å². The van der Waals surface area contributed by atoms with Crippen molar-refractivity contribution in [3.05, 3.63) is 55.1 Å². The van der Waals surface area contributed by atoms with E-state index in [-0.39, 0.29) is 6.42 Å². The molecule has 142 valence electrons. The van der Waals surface area contributed by atoms with Crippen molar-refractivity contribution in [1.29, 1.82) is 0 Å². The Hall–Kier alpha value is -3.81. The van der Waals surface area contributed by atoms with E-state index in [2.05, 4.69) is 4.98 Å². The Bertz CT molecular complexity index is 1180. The van der Waals surface area contributed by atoms with Crippen molar-refractivity contribution in [2.75, 3.05) is 6.61 Å². The van der Waals surface area contributed by atoms with Crippen molar-refractivity contribution in [2.45, 2.75) is 13.0 Å². The maximum absolute atomic E-state index is 11.3. The summed E-state index contributed by atoms with van der Waals surface area (Å²) < 4.78 is 9.15. The van der Waals surface area contributed by atoms with E-state index in [1.54, 1.807) is 24.7 Å². The lowest BCUT2D eigenvalue weighted by Gasteiger charge is -2.09. The number of hydrogen-bond donors (Lipinski definition) is 1. The van der Waals surface area contributed by atoms with E-state index in [9.17, 15) is 14.7 Å². The summed E-state index contributed by atoms with van der Waals surface area (Å²) in [5.41, 5.74) is 8.06. The van der Waals surface area contributed by atoms with Crippen LogP contribution in [0.4, 0.5) is 0 Å². The van der Waals surface area contributed by atoms with Crippen LogP contribution in [-0.2, 0) is 16.1 Å². The number of amides is 1. The van der Waals surface area contributed by atoms with Crippen LogP contribution in [0.25, 0.3) is 27.5 Å². The second kappa shape index (κ2) is 7.07. The molecule has 0 aliphatic carbocycles. The molecule has 0 atom stereocenters. The van der Waals surface area contributed by atoms with Crippen LogP contribution in [0.5, 0.6) is 5.75 Å². The lowest BCUT2D eigenvalue weighted by molar-refractivity contribution is -0.307. The molecule has 2 aromatic heterocycles. The summed E-state index contributed by atoms with van der Waals surface area (Å²) in [5.74, 6) is -1.27. The Morgan fingerprint density at radius 2 is 1.96 bits per heavy atom. The molecule has 2 aromatic carbocycles. The van der Waals surface area contributed by atoms with Crippen LogP contribution in [0.2, 0.25) is 0 Å². The van der Waals surface area contributed by atoms with Crippen molar-refractivity contribution in [1.82, 2.24) is 14.1 Å². The van der Waals surface area contributed by atoms with Gasteiger partial charge in [0.2, 0.25) is 5.91 Å². The van der Waals surface area contributed by atoms with Crippen LogP contribution in [0.1, 0.15) is 6.42 Å². The van der Waals surface area contributed by atoms with Crippen molar-refractivity contribution in [3.63, 3.8) is 0 Å². The highest BCUT2D eigenvalue weighted by molar-refractivity contribution is 6.09. The van der Waals surface area contributed by atoms with E-state index >= 15 is 0 Å². The van der Waals surface area contributed by atoms with Crippen LogP contribution in [0, 0.1) is 0 Å². The maximum Gasteiger partial charge on any atom is 0.219 e. The van der Waals surface area contributed by atoms with Crippen LogP contribution in [0.3, 0.4) is 0 Å². The van der Waals surface area contributed by atoms with Crippen LogP contribution in [-0.4, -0.2) is 32.6 Å². The Labute approximate surface area is 159 Å². The molecule has 0 radical (unpaired) electrons. The first kappa shape index (κ1) is 17.6. The third kappa shape index (κ3) is 3.27. The molecular formula is C20H17N4O4-. The molecule has 0 unspecified atom stereocenters. The molecule has 0 aliphatic heterocycles. The molecule has 0 spiro atoms. The number of benzene rings is 2. The molecule has 0 bridgehead atoms. The van der Waals surface area contributed by atoms with Gasteiger partial charge in [-0.25, -0.2) is 4.98 Å². The molecule has 0 aliphatic rings. The zero-order valence-electron chi connectivity index (χ0n) is 14.9. The van der Waals surface area contributed by atoms with Crippen LogP contribution >= 0.6 is 0 Å². The van der Waals surface area contributed by atoms with Crippen molar-refractivity contribution >= 4 is 33.7 Å². The topological polar surface area (TPSA) is 115 Å². The number of nitrogens with zero attached hydrogens (tertiary/aromatic N) is 3. The lowest BCUT2D eigenvalue weighted by Crippen LogP contribution is -2.28. The molecule has 1 amide bonds. The summed E-state index contributed by atoms with van der Waals surface area (Å²) in [6.45, 7) is -0.124. The van der Waals surface area contributed by atoms with E-state index in [0.29, 0.717) is 12.3 Å². The number of aromatic nitrogens is 3. The molecule has 2 heterocycles. The highest BCUT2D eigenvalue weighted by Crippen LogP contribution is 2.33. The van der Waals surface area contributed by atoms with Crippen molar-refractivity contribution in [2.24, 2.45) is 5.73 Å². The second-order valence-corrected chi connectivity index (χ2v) is 6.38. The number of carboxylic acids is 1. The fraction of sp³-hybridized carbons (Fsp3) is 0.150. The number of primary amides is 1. The molecule has 0 fully saturated rings. The maximum atomic E-state index is 11.3. The highest BCUT2D eigenvalue weighted by Gasteiger charge is 2.13. The summed E-state index contributed by atoms with van der Waals surface area (Å²) >= 11 is 0. The lowest BCUT2D eigenvalue weighted by atomic mass is 10.1. The number of imidazole rings is 1. The van der Waals surface area contributed by atoms with Crippen LogP contribution < -0.4 is 15.6 Å². The van der Waals surface area contributed by atoms with Gasteiger partial charge >= 0.3 is 0 Å². The first-order valence-corrected chi connectivity index (χ1v) is 8.68. The largest absolute Gasteiger partial charge is 0.546 e. The quantitative estimate of drug-likeness (QED) is 0.516. The number of hydrogen-bond acceptors (Lipinski definition) is 5. The molecule has 0 saturated heterocycles. The smallest absolute Gasteiger partial charge is 0.219 e. The summed E-state index contributed by atoms with van der Waals surface area (Å²) in [6.07, 6.45) is 5.48. The minimum atomic E-state index is -1.29. The van der Waals surface area contributed by atoms with Gasteiger partial charge < -0.3 is 29.5 Å². The van der Waals surface area contributed by atoms with Crippen molar-refractivity contribution < 1.29 is 19.4 Å². The summed E-state index contributed by atoms with van der Waals surface area (Å²) in [6, 6.07) is 11.3. The average molecular weight is 377 g/mol. The zero-order chi connectivity index (χ0) is 19.7. The Kier molecular flexibility index (Phi) is 4.44. The van der Waals surface area contributed by atoms with E-state index in [1.807, 2.05) is 39.6 Å². The van der Waals surface area contributed by atoms with E-state index < -0.39 is 18.5 Å². The van der Waals surface area contributed by atoms with Gasteiger partial charge in [-0.2, -0.15) is 0 Å². The van der Waals surface area contributed by atoms with Gasteiger partial charge in [0.25, 0.3) is 0 Å². The van der Waals surface area contributed by atoms with Crippen molar-refractivity contribution in [3.8, 4) is 11.4 Å². The monoisotopic (exact) mass is 377 g/mol. The number of ether oxygens (including phenoxy) is 1. The molecule has 2 N–H and O–H groups in total. The van der Waals surface area contributed by atoms with Gasteiger partial charge in [0.15, 0.2) is 0 Å². The SMILES string of the molecule is NC(=O)CCn1c2ccc(-n3ccnc3)cc2c2ccc(OCC(=O)[O-])cc21. The van der Waals surface area contributed by atoms with Gasteiger partial charge in [0, 0.05) is 53.4 Å². The Morgan fingerprint density at radius 3 is 2.68 bits per heavy atom. The zero-order valence-corrected chi connectivity index (χ0v) is 14.9. The predicted molar refractivity (Wildman–Crippen MR) is 101 cm³/mol. The molecule has 4 rings (SSSR count). The van der Waals surface area contributed by atoms with E-state index in [1.165, 1.54) is 0 Å². The fourth-order valence-electron chi connectivity index (χ4n) is 3.33. The molecular weight excluding hydrogens is 360 g/mol. The predicted octanol–water partition coefficient (Wildman–Crippen LogP) is 0.984. The number of carbonyl (C=O) groups is 2. The van der Waals surface area contributed by atoms with Gasteiger partial charge in [-0.05, 0) is 30.3 Å². The summed E-state index contributed by atoms with van der Waals surface area (Å²) in [7, 11) is 0. The van der Waals surface area contributed by atoms with Gasteiger partial charge in [0.05, 0.1) is 17.8 Å². The second-order valence-electron chi connectivity index (χ2n) is 6.38. The number of aryl methyl sites for hydroxylation is 1. The third-order valence-electron chi connectivity index (χ3n) is 4.56. The molecule has 0 saturated carbocycles. The summed E-state index contributed by atoms with van der Waals surface area (Å²) in [4.78, 5) is 26.1. The number of carboxylic acid groups (broad SMARTS) is 1. The Morgan fingerprint density at radius 1 is 1.11 bits per heavy atom. The fourth-order valence-corrected chi connectivity index (χ4v) is 3.33. The third-order valence-corrected chi connectivity index (χ3v) is 4.56. The minimum Gasteiger partial charge on any atom is -0.546 e. The molecule has 28 heavy (non-hydrogen) atoms. The number of carbonyl (C=O) groups excluding carboxylic acids is 2. The minimum absolute atomic E-state index is 0.187. The summed E-state index contributed by atoms with van der Waals surface area (Å²) in [5, 5.41) is 12.6. The Balaban J connectivity index is 1.87. The number of aliphatic carboxylic acids is 1. The molecule has 8 heteroatoms. The van der Waals surface area contributed by atoms with E-state index in [0.717, 1.165) is 27.5 Å². The van der Waals surface area contributed by atoms with E-state index in [4.69, 9.17) is 10.5 Å². The van der Waals surface area contributed by atoms with Gasteiger partial charge in [-0.15, -0.1) is 0 Å². The normalized spacial score (nSPS) is 11.1. The average Bonchev–Trinajstić information content (AvgIpc) is 3.30. The van der Waals surface area contributed by atoms with Gasteiger partial charge in [-0.3, -0.25) is 4.79 Å². The standard InChI is InChI=1S/C20H18N4O4/c21-19(25)5-7-24-17-4-1-13(23-8-6-22-12-23)9-16(17)15-3-2-14(10-18(15)24)28-11-20(26)27/h1-4,6,8-10,12H,5,7,11H2,(H2,21,25)(H,26,27)/p-1. The number of rotatable bonds is 7. The molecule has 8 nitrogen and oxygen atoms in total. The molecule has 4 aromatic rings. The van der Waals surface area contributed by atoms with Crippen LogP contribution in [0.15, 0.2) is 55.1 Å². The van der Waals surface area contributed by atoms with Gasteiger partial charge in [-0.1, -0.05) is 0 Å². The first-order chi connectivity index (χ1) is 13.5.